The second-order valence-electron chi connectivity index (χ2n) is 8.58. The number of pyridine rings is 1. The number of carbonyl (C=O) groups excluding carboxylic acids is 1. The van der Waals surface area contributed by atoms with Crippen LogP contribution in [0.1, 0.15) is 76.9 Å². The molecule has 0 bridgehead atoms. The summed E-state index contributed by atoms with van der Waals surface area (Å²) in [6, 6.07) is 3.14. The molecular weight excluding hydrogens is 485 g/mol. The van der Waals surface area contributed by atoms with Crippen LogP contribution in [-0.2, 0) is 6.42 Å². The molecule has 34 heavy (non-hydrogen) atoms. The van der Waals surface area contributed by atoms with Gasteiger partial charge in [-0.2, -0.15) is 13.2 Å². The molecule has 1 amide bonds. The number of thiazole rings is 2. The van der Waals surface area contributed by atoms with Gasteiger partial charge < -0.3 is 10.4 Å². The van der Waals surface area contributed by atoms with Gasteiger partial charge in [-0.15, -0.1) is 22.7 Å². The van der Waals surface area contributed by atoms with Gasteiger partial charge in [-0.3, -0.25) is 9.78 Å². The molecule has 0 radical (unpaired) electrons. The highest BCUT2D eigenvalue weighted by Crippen LogP contribution is 2.41. The summed E-state index contributed by atoms with van der Waals surface area (Å²) in [6.45, 7) is 3.54. The highest BCUT2D eigenvalue weighted by Gasteiger charge is 2.55. The number of carbonyl (C=O) groups is 1. The average Bonchev–Trinajstić information content (AvgIpc) is 3.40. The molecule has 0 aromatic carbocycles. The Morgan fingerprint density at radius 2 is 1.97 bits per heavy atom. The first kappa shape index (κ1) is 24.7. The number of nitrogens with zero attached hydrogens (tertiary/aromatic N) is 3. The number of alkyl halides is 3. The molecule has 1 atom stereocenters. The topological polar surface area (TPSA) is 88.0 Å². The summed E-state index contributed by atoms with van der Waals surface area (Å²) in [5.74, 6) is -0.760. The van der Waals surface area contributed by atoms with Crippen molar-refractivity contribution < 1.29 is 23.1 Å². The number of nitrogens with one attached hydrogen (secondary N) is 1. The Balaban J connectivity index is 1.44. The first-order valence-electron chi connectivity index (χ1n) is 11.0. The Hall–Kier alpha value is -2.37. The number of hydrogen-bond donors (Lipinski definition) is 2. The molecule has 3 heterocycles. The highest BCUT2D eigenvalue weighted by molar-refractivity contribution is 7.16. The van der Waals surface area contributed by atoms with Crippen LogP contribution in [0.25, 0.3) is 10.6 Å². The third kappa shape index (κ3) is 5.16. The van der Waals surface area contributed by atoms with Crippen LogP contribution in [-0.4, -0.2) is 37.7 Å². The zero-order valence-electron chi connectivity index (χ0n) is 18.8. The molecular formula is C23H25F3N4O2S2. The van der Waals surface area contributed by atoms with Crippen LogP contribution in [0.4, 0.5) is 13.2 Å². The molecule has 182 valence electrons. The molecule has 0 saturated heterocycles. The Labute approximate surface area is 203 Å². The van der Waals surface area contributed by atoms with Gasteiger partial charge in [0.2, 0.25) is 0 Å². The molecule has 2 N–H and O–H groups in total. The number of hydrogen-bond acceptors (Lipinski definition) is 7. The van der Waals surface area contributed by atoms with E-state index >= 15 is 0 Å². The lowest BCUT2D eigenvalue weighted by Gasteiger charge is -2.39. The van der Waals surface area contributed by atoms with Crippen LogP contribution in [0.15, 0.2) is 23.7 Å². The lowest BCUT2D eigenvalue weighted by atomic mass is 9.81. The van der Waals surface area contributed by atoms with E-state index in [4.69, 9.17) is 0 Å². The smallest absolute Gasteiger partial charge is 0.386 e. The van der Waals surface area contributed by atoms with Gasteiger partial charge in [-0.05, 0) is 38.8 Å². The van der Waals surface area contributed by atoms with Gasteiger partial charge in [0.05, 0.1) is 26.8 Å². The minimum absolute atomic E-state index is 0.0991. The average molecular weight is 511 g/mol. The molecule has 1 aliphatic rings. The SMILES string of the molecule is Cc1nc([C@H](C)O)sc1-c1csc(Cc2ccc(C(=O)NC3(C(F)(F)F)CCCCC3)cn2)n1. The van der Waals surface area contributed by atoms with Gasteiger partial charge >= 0.3 is 6.18 Å². The number of aliphatic hydroxyl groups is 1. The first-order valence-corrected chi connectivity index (χ1v) is 12.7. The summed E-state index contributed by atoms with van der Waals surface area (Å²) >= 11 is 2.87. The van der Waals surface area contributed by atoms with Crippen molar-refractivity contribution in [1.29, 1.82) is 0 Å². The van der Waals surface area contributed by atoms with Crippen LogP contribution in [0.5, 0.6) is 0 Å². The molecule has 3 aromatic heterocycles. The molecule has 0 unspecified atom stereocenters. The third-order valence-corrected chi connectivity index (χ3v) is 8.18. The van der Waals surface area contributed by atoms with E-state index in [1.807, 2.05) is 12.3 Å². The van der Waals surface area contributed by atoms with E-state index in [1.165, 1.54) is 34.9 Å². The largest absolute Gasteiger partial charge is 0.411 e. The van der Waals surface area contributed by atoms with Crippen molar-refractivity contribution >= 4 is 28.6 Å². The third-order valence-electron chi connectivity index (χ3n) is 5.98. The Morgan fingerprint density at radius 3 is 2.56 bits per heavy atom. The summed E-state index contributed by atoms with van der Waals surface area (Å²) in [6.07, 6.45) is -1.97. The maximum atomic E-state index is 13.7. The van der Waals surface area contributed by atoms with Crippen LogP contribution < -0.4 is 5.32 Å². The van der Waals surface area contributed by atoms with E-state index in [2.05, 4.69) is 20.3 Å². The molecule has 6 nitrogen and oxygen atoms in total. The Bertz CT molecular complexity index is 1150. The molecule has 3 aromatic rings. The van der Waals surface area contributed by atoms with Crippen molar-refractivity contribution in [2.45, 2.75) is 70.2 Å². The van der Waals surface area contributed by atoms with Crippen LogP contribution in [0.2, 0.25) is 0 Å². The van der Waals surface area contributed by atoms with Crippen LogP contribution >= 0.6 is 22.7 Å². The van der Waals surface area contributed by atoms with Crippen molar-refractivity contribution in [2.24, 2.45) is 0 Å². The van der Waals surface area contributed by atoms with Gasteiger partial charge in [0.15, 0.2) is 0 Å². The summed E-state index contributed by atoms with van der Waals surface area (Å²) in [5, 5.41) is 15.4. The van der Waals surface area contributed by atoms with Crippen molar-refractivity contribution in [2.75, 3.05) is 0 Å². The predicted molar refractivity (Wildman–Crippen MR) is 125 cm³/mol. The summed E-state index contributed by atoms with van der Waals surface area (Å²) in [7, 11) is 0. The monoisotopic (exact) mass is 510 g/mol. The van der Waals surface area contributed by atoms with Gasteiger partial charge in [-0.1, -0.05) is 19.3 Å². The summed E-state index contributed by atoms with van der Waals surface area (Å²) < 4.78 is 41.2. The zero-order valence-corrected chi connectivity index (χ0v) is 20.4. The predicted octanol–water partition coefficient (Wildman–Crippen LogP) is 5.61. The summed E-state index contributed by atoms with van der Waals surface area (Å²) in [4.78, 5) is 26.8. The van der Waals surface area contributed by atoms with Gasteiger partial charge in [0.1, 0.15) is 16.7 Å². The number of rotatable bonds is 6. The van der Waals surface area contributed by atoms with Crippen molar-refractivity contribution in [3.8, 4) is 10.6 Å². The van der Waals surface area contributed by atoms with E-state index in [9.17, 15) is 23.1 Å². The van der Waals surface area contributed by atoms with Crippen LogP contribution in [0.3, 0.4) is 0 Å². The number of amides is 1. The first-order chi connectivity index (χ1) is 16.1. The molecule has 0 spiro atoms. The highest BCUT2D eigenvalue weighted by atomic mass is 32.1. The lowest BCUT2D eigenvalue weighted by Crippen LogP contribution is -2.59. The van der Waals surface area contributed by atoms with E-state index in [1.54, 1.807) is 13.0 Å². The molecule has 1 fully saturated rings. The fourth-order valence-electron chi connectivity index (χ4n) is 4.07. The van der Waals surface area contributed by atoms with Gasteiger partial charge in [0, 0.05) is 23.7 Å². The summed E-state index contributed by atoms with van der Waals surface area (Å²) in [5.41, 5.74) is 0.180. The maximum Gasteiger partial charge on any atom is 0.411 e. The van der Waals surface area contributed by atoms with Crippen LogP contribution in [0, 0.1) is 6.92 Å². The van der Waals surface area contributed by atoms with E-state index in [-0.39, 0.29) is 18.4 Å². The van der Waals surface area contributed by atoms with Crippen molar-refractivity contribution in [3.63, 3.8) is 0 Å². The maximum absolute atomic E-state index is 13.7. The quantitative estimate of drug-likeness (QED) is 0.450. The van der Waals surface area contributed by atoms with E-state index < -0.39 is 23.7 Å². The minimum atomic E-state index is -4.49. The zero-order chi connectivity index (χ0) is 24.5. The lowest BCUT2D eigenvalue weighted by molar-refractivity contribution is -0.201. The number of aromatic nitrogens is 3. The van der Waals surface area contributed by atoms with Crippen molar-refractivity contribution in [1.82, 2.24) is 20.3 Å². The van der Waals surface area contributed by atoms with E-state index in [0.717, 1.165) is 27.7 Å². The second-order valence-corrected chi connectivity index (χ2v) is 10.6. The normalized spacial score (nSPS) is 16.9. The van der Waals surface area contributed by atoms with Gasteiger partial charge in [-0.25, -0.2) is 9.97 Å². The fraction of sp³-hybridized carbons (Fsp3) is 0.478. The molecule has 11 heteroatoms. The Morgan fingerprint density at radius 1 is 1.24 bits per heavy atom. The molecule has 1 saturated carbocycles. The molecule has 1 aliphatic carbocycles. The van der Waals surface area contributed by atoms with Gasteiger partial charge in [0.25, 0.3) is 5.91 Å². The molecule has 0 aliphatic heterocycles. The number of halogens is 3. The molecule has 4 rings (SSSR count). The fourth-order valence-corrected chi connectivity index (χ4v) is 5.91. The number of aliphatic hydroxyl groups excluding tert-OH is 1. The number of aryl methyl sites for hydroxylation is 1. The second kappa shape index (κ2) is 9.71. The van der Waals surface area contributed by atoms with Crippen molar-refractivity contribution in [3.05, 3.63) is 50.7 Å². The Kier molecular flexibility index (Phi) is 7.07. The standard InChI is InChI=1S/C23H25F3N4O2S2/c1-13-19(34-21(28-13)14(2)31)17-12-33-18(29-17)10-16-7-6-15(11-27-16)20(32)30-22(23(24,25)26)8-4-3-5-9-22/h6-7,11-12,14,31H,3-5,8-10H2,1-2H3,(H,30,32)/t14-/m0/s1. The van der Waals surface area contributed by atoms with E-state index in [0.29, 0.717) is 30.0 Å². The minimum Gasteiger partial charge on any atom is -0.386 e.